The normalized spacial score (nSPS) is 18.9. The minimum atomic E-state index is -0.266. The van der Waals surface area contributed by atoms with E-state index in [2.05, 4.69) is 5.32 Å². The van der Waals surface area contributed by atoms with Gasteiger partial charge in [-0.15, -0.1) is 0 Å². The molecule has 2 fully saturated rings. The quantitative estimate of drug-likeness (QED) is 0.405. The number of rotatable bonds is 8. The van der Waals surface area contributed by atoms with Crippen LogP contribution < -0.4 is 14.8 Å². The van der Waals surface area contributed by atoms with E-state index in [0.717, 1.165) is 41.8 Å². The van der Waals surface area contributed by atoms with E-state index in [-0.39, 0.29) is 24.5 Å². The van der Waals surface area contributed by atoms with Gasteiger partial charge >= 0.3 is 0 Å². The van der Waals surface area contributed by atoms with Crippen LogP contribution in [0, 0.1) is 13.8 Å². The van der Waals surface area contributed by atoms with Crippen LogP contribution in [0.5, 0.6) is 11.5 Å². The highest BCUT2D eigenvalue weighted by molar-refractivity contribution is 8.26. The van der Waals surface area contributed by atoms with Gasteiger partial charge in [0.05, 0.1) is 24.7 Å². The number of thiocarbonyl (C=S) groups is 1. The third-order valence-corrected chi connectivity index (χ3v) is 7.16. The Hall–Kier alpha value is -2.88. The van der Waals surface area contributed by atoms with E-state index in [9.17, 15) is 9.59 Å². The van der Waals surface area contributed by atoms with Gasteiger partial charge in [0.15, 0.2) is 18.1 Å². The van der Waals surface area contributed by atoms with Gasteiger partial charge in [-0.1, -0.05) is 47.7 Å². The van der Waals surface area contributed by atoms with Crippen LogP contribution in [0.4, 0.5) is 5.69 Å². The van der Waals surface area contributed by atoms with Crippen LogP contribution in [0.15, 0.2) is 41.3 Å². The average Bonchev–Trinajstić information content (AvgIpc) is 3.44. The molecule has 0 bridgehead atoms. The molecule has 2 aromatic rings. The Kier molecular flexibility index (Phi) is 8.10. The molecule has 4 rings (SSSR count). The van der Waals surface area contributed by atoms with Crippen molar-refractivity contribution in [2.45, 2.75) is 32.8 Å². The molecular formula is C26H28N2O5S2. The molecule has 2 aliphatic rings. The van der Waals surface area contributed by atoms with Crippen LogP contribution in [0.2, 0.25) is 0 Å². The lowest BCUT2D eigenvalue weighted by atomic mass is 10.1. The molecule has 1 N–H and O–H groups in total. The van der Waals surface area contributed by atoms with Crippen LogP contribution in [-0.4, -0.2) is 54.0 Å². The van der Waals surface area contributed by atoms with E-state index < -0.39 is 0 Å². The Morgan fingerprint density at radius 1 is 1.26 bits per heavy atom. The van der Waals surface area contributed by atoms with Gasteiger partial charge in [0.25, 0.3) is 11.8 Å². The van der Waals surface area contributed by atoms with Gasteiger partial charge < -0.3 is 19.5 Å². The summed E-state index contributed by atoms with van der Waals surface area (Å²) in [5.74, 6) is 0.523. The van der Waals surface area contributed by atoms with E-state index in [1.165, 1.54) is 18.9 Å². The summed E-state index contributed by atoms with van der Waals surface area (Å²) in [6.07, 6.45) is 3.78. The monoisotopic (exact) mass is 512 g/mol. The lowest BCUT2D eigenvalue weighted by molar-refractivity contribution is -0.123. The predicted molar refractivity (Wildman–Crippen MR) is 142 cm³/mol. The summed E-state index contributed by atoms with van der Waals surface area (Å²) in [5, 5.41) is 2.86. The summed E-state index contributed by atoms with van der Waals surface area (Å²) in [6, 6.07) is 11.1. The second-order valence-electron chi connectivity index (χ2n) is 8.49. The van der Waals surface area contributed by atoms with Crippen molar-refractivity contribution in [3.05, 3.63) is 58.0 Å². The van der Waals surface area contributed by atoms with E-state index in [0.29, 0.717) is 27.3 Å². The zero-order chi connectivity index (χ0) is 24.9. The zero-order valence-electron chi connectivity index (χ0n) is 20.0. The maximum atomic E-state index is 12.9. The summed E-state index contributed by atoms with van der Waals surface area (Å²) in [4.78, 5) is 27.4. The van der Waals surface area contributed by atoms with Gasteiger partial charge in [-0.3, -0.25) is 14.5 Å². The number of nitrogens with one attached hydrogen (secondary N) is 1. The first-order valence-electron chi connectivity index (χ1n) is 11.4. The van der Waals surface area contributed by atoms with Crippen molar-refractivity contribution in [1.29, 1.82) is 0 Å². The molecule has 0 aromatic heterocycles. The molecule has 0 radical (unpaired) electrons. The number of hydrogen-bond donors (Lipinski definition) is 1. The summed E-state index contributed by atoms with van der Waals surface area (Å²) >= 11 is 6.71. The van der Waals surface area contributed by atoms with E-state index in [4.69, 9.17) is 26.4 Å². The van der Waals surface area contributed by atoms with E-state index in [1.54, 1.807) is 23.1 Å². The Balaban J connectivity index is 1.39. The molecule has 184 valence electrons. The highest BCUT2D eigenvalue weighted by Crippen LogP contribution is 2.35. The third-order valence-electron chi connectivity index (χ3n) is 5.78. The summed E-state index contributed by atoms with van der Waals surface area (Å²) < 4.78 is 17.4. The fraction of sp³-hybridized carbons (Fsp3) is 0.346. The third kappa shape index (κ3) is 6.22. The highest BCUT2D eigenvalue weighted by Gasteiger charge is 2.34. The molecule has 35 heavy (non-hydrogen) atoms. The topological polar surface area (TPSA) is 77.1 Å². The molecule has 2 heterocycles. The molecule has 1 atom stereocenters. The van der Waals surface area contributed by atoms with Crippen LogP contribution in [0.3, 0.4) is 0 Å². The summed E-state index contributed by atoms with van der Waals surface area (Å²) in [5.41, 5.74) is 3.64. The first kappa shape index (κ1) is 25.2. The number of amides is 2. The van der Waals surface area contributed by atoms with Gasteiger partial charge in [-0.2, -0.15) is 0 Å². The lowest BCUT2D eigenvalue weighted by Gasteiger charge is -2.18. The number of benzene rings is 2. The number of methoxy groups -OCH3 is 1. The number of nitrogens with zero attached hydrogens (tertiary/aromatic N) is 1. The van der Waals surface area contributed by atoms with Crippen molar-refractivity contribution in [2.24, 2.45) is 0 Å². The summed E-state index contributed by atoms with van der Waals surface area (Å²) in [7, 11) is 1.53. The first-order chi connectivity index (χ1) is 16.8. The highest BCUT2D eigenvalue weighted by atomic mass is 32.2. The number of aryl methyl sites for hydroxylation is 2. The maximum absolute atomic E-state index is 12.9. The maximum Gasteiger partial charge on any atom is 0.266 e. The van der Waals surface area contributed by atoms with Gasteiger partial charge in [0.1, 0.15) is 4.32 Å². The van der Waals surface area contributed by atoms with Crippen LogP contribution in [0.1, 0.15) is 29.5 Å². The Morgan fingerprint density at radius 2 is 2.09 bits per heavy atom. The largest absolute Gasteiger partial charge is 0.493 e. The smallest absolute Gasteiger partial charge is 0.266 e. The van der Waals surface area contributed by atoms with Gasteiger partial charge in [0, 0.05) is 12.3 Å². The molecule has 0 unspecified atom stereocenters. The van der Waals surface area contributed by atoms with Crippen molar-refractivity contribution in [1.82, 2.24) is 4.90 Å². The Labute approximate surface area is 214 Å². The second kappa shape index (κ2) is 11.2. The van der Waals surface area contributed by atoms with Gasteiger partial charge in [-0.05, 0) is 62.1 Å². The number of ether oxygens (including phenoxy) is 3. The van der Waals surface area contributed by atoms with Crippen LogP contribution in [0.25, 0.3) is 6.08 Å². The molecule has 2 aromatic carbocycles. The van der Waals surface area contributed by atoms with Crippen molar-refractivity contribution in [2.75, 3.05) is 32.2 Å². The van der Waals surface area contributed by atoms with E-state index >= 15 is 0 Å². The minimum Gasteiger partial charge on any atom is -0.493 e. The average molecular weight is 513 g/mol. The number of hydrogen-bond acceptors (Lipinski definition) is 7. The van der Waals surface area contributed by atoms with Gasteiger partial charge in [-0.25, -0.2) is 0 Å². The van der Waals surface area contributed by atoms with Crippen molar-refractivity contribution in [3.8, 4) is 11.5 Å². The van der Waals surface area contributed by atoms with Crippen molar-refractivity contribution >= 4 is 51.9 Å². The molecule has 7 nitrogen and oxygen atoms in total. The molecule has 2 saturated heterocycles. The van der Waals surface area contributed by atoms with Gasteiger partial charge in [0.2, 0.25) is 0 Å². The first-order valence-corrected chi connectivity index (χ1v) is 12.6. The number of carbonyl (C=O) groups is 2. The number of carbonyl (C=O) groups excluding carboxylic acids is 2. The lowest BCUT2D eigenvalue weighted by Crippen LogP contribution is -2.35. The Bertz CT molecular complexity index is 1170. The predicted octanol–water partition coefficient (Wildman–Crippen LogP) is 4.71. The molecule has 0 saturated carbocycles. The molecule has 9 heteroatoms. The second-order valence-corrected chi connectivity index (χ2v) is 10.2. The van der Waals surface area contributed by atoms with Crippen LogP contribution >= 0.6 is 24.0 Å². The molecule has 2 aliphatic heterocycles. The molecule has 0 spiro atoms. The number of anilines is 1. The van der Waals surface area contributed by atoms with Crippen molar-refractivity contribution < 1.29 is 23.8 Å². The molecule has 0 aliphatic carbocycles. The SMILES string of the molecule is COc1cc(/C=C2\SC(=S)N(C[C@@H]3CCCO3)C2=O)ccc1OCC(=O)Nc1ccc(C)cc1C. The standard InChI is InChI=1S/C26H28N2O5S2/c1-16-6-8-20(17(2)11-16)27-24(29)15-33-21-9-7-18(12-22(21)31-3)13-23-25(30)28(26(34)35-23)14-19-5-4-10-32-19/h6-9,11-13,19H,4-5,10,14-15H2,1-3H3,(H,27,29)/b23-13-/t19-/m0/s1. The van der Waals surface area contributed by atoms with Crippen LogP contribution in [-0.2, 0) is 14.3 Å². The summed E-state index contributed by atoms with van der Waals surface area (Å²) in [6.45, 7) is 5.01. The van der Waals surface area contributed by atoms with E-state index in [1.807, 2.05) is 38.1 Å². The molecule has 2 amide bonds. The molecular weight excluding hydrogens is 484 g/mol. The fourth-order valence-corrected chi connectivity index (χ4v) is 5.25. The fourth-order valence-electron chi connectivity index (χ4n) is 3.98. The van der Waals surface area contributed by atoms with Crippen molar-refractivity contribution in [3.63, 3.8) is 0 Å². The number of thioether (sulfide) groups is 1. The minimum absolute atomic E-state index is 0.0421. The Morgan fingerprint density at radius 3 is 2.80 bits per heavy atom. The zero-order valence-corrected chi connectivity index (χ0v) is 21.6.